The fourth-order valence-corrected chi connectivity index (χ4v) is 1.94. The van der Waals surface area contributed by atoms with Crippen molar-refractivity contribution >= 4 is 11.6 Å². The lowest BCUT2D eigenvalue weighted by atomic mass is 9.79. The Hall–Kier alpha value is -0.640. The normalized spacial score (nSPS) is 13.8. The van der Waals surface area contributed by atoms with Crippen molar-refractivity contribution in [3.05, 3.63) is 34.6 Å². The first kappa shape index (κ1) is 14.4. The van der Waals surface area contributed by atoms with Gasteiger partial charge in [-0.15, -0.1) is 0 Å². The van der Waals surface area contributed by atoms with Gasteiger partial charge in [0.25, 0.3) is 0 Å². The van der Waals surface area contributed by atoms with Crippen LogP contribution >= 0.6 is 11.6 Å². The van der Waals surface area contributed by atoms with Crippen LogP contribution in [0.3, 0.4) is 0 Å². The largest absolute Gasteiger partial charge is 0.271 e. The highest BCUT2D eigenvalue weighted by molar-refractivity contribution is 6.31. The first-order valence-electron chi connectivity index (χ1n) is 5.81. The molecule has 0 heterocycles. The highest BCUT2D eigenvalue weighted by atomic mass is 35.5. The summed E-state index contributed by atoms with van der Waals surface area (Å²) >= 11 is 5.94. The van der Waals surface area contributed by atoms with Gasteiger partial charge in [-0.25, -0.2) is 4.39 Å². The summed E-state index contributed by atoms with van der Waals surface area (Å²) in [6, 6.07) is 4.93. The predicted octanol–water partition coefficient (Wildman–Crippen LogP) is 3.29. The fraction of sp³-hybridized carbons (Fsp3) is 0.538. The second kappa shape index (κ2) is 5.80. The lowest BCUT2D eigenvalue weighted by Crippen LogP contribution is -2.47. The summed E-state index contributed by atoms with van der Waals surface area (Å²) in [5.74, 6) is 5.20. The lowest BCUT2D eigenvalue weighted by molar-refractivity contribution is 0.231. The summed E-state index contributed by atoms with van der Waals surface area (Å²) in [6.45, 7) is 6.37. The summed E-state index contributed by atoms with van der Waals surface area (Å²) in [5.41, 5.74) is 3.63. The Balaban J connectivity index is 2.92. The van der Waals surface area contributed by atoms with Gasteiger partial charge in [-0.1, -0.05) is 44.5 Å². The molecular formula is C13H20ClFN2. The molecule has 1 unspecified atom stereocenters. The SMILES string of the molecule is CCC(C)(C)C(Cc1cccc(F)c1Cl)NN. The molecule has 0 radical (unpaired) electrons. The maximum absolute atomic E-state index is 13.3. The van der Waals surface area contributed by atoms with E-state index in [1.807, 2.05) is 6.07 Å². The van der Waals surface area contributed by atoms with Crippen molar-refractivity contribution in [2.75, 3.05) is 0 Å². The number of hydrogen-bond acceptors (Lipinski definition) is 2. The third kappa shape index (κ3) is 3.41. The molecule has 1 aromatic rings. The van der Waals surface area contributed by atoms with E-state index < -0.39 is 0 Å². The van der Waals surface area contributed by atoms with Gasteiger partial charge in [-0.3, -0.25) is 11.3 Å². The average molecular weight is 259 g/mol. The summed E-state index contributed by atoms with van der Waals surface area (Å²) in [4.78, 5) is 0. The lowest BCUT2D eigenvalue weighted by Gasteiger charge is -2.33. The average Bonchev–Trinajstić information content (AvgIpc) is 2.30. The molecule has 0 saturated heterocycles. The third-order valence-electron chi connectivity index (χ3n) is 3.51. The van der Waals surface area contributed by atoms with E-state index in [-0.39, 0.29) is 22.3 Å². The maximum atomic E-state index is 13.3. The maximum Gasteiger partial charge on any atom is 0.142 e. The minimum absolute atomic E-state index is 0.0321. The van der Waals surface area contributed by atoms with Crippen LogP contribution in [0.4, 0.5) is 4.39 Å². The third-order valence-corrected chi connectivity index (χ3v) is 3.93. The number of halogens is 2. The Morgan fingerprint density at radius 2 is 2.12 bits per heavy atom. The molecule has 0 aliphatic heterocycles. The van der Waals surface area contributed by atoms with Gasteiger partial charge in [0.2, 0.25) is 0 Å². The van der Waals surface area contributed by atoms with Crippen molar-refractivity contribution in [2.24, 2.45) is 11.3 Å². The number of nitrogens with one attached hydrogen (secondary N) is 1. The zero-order chi connectivity index (χ0) is 13.1. The van der Waals surface area contributed by atoms with Crippen LogP contribution in [0.2, 0.25) is 5.02 Å². The molecule has 17 heavy (non-hydrogen) atoms. The number of hydrazine groups is 1. The number of nitrogens with two attached hydrogens (primary N) is 1. The number of hydrogen-bond donors (Lipinski definition) is 2. The van der Waals surface area contributed by atoms with Crippen molar-refractivity contribution in [1.82, 2.24) is 5.43 Å². The van der Waals surface area contributed by atoms with E-state index in [0.29, 0.717) is 6.42 Å². The zero-order valence-corrected chi connectivity index (χ0v) is 11.3. The molecule has 0 amide bonds. The molecule has 1 aromatic carbocycles. The molecular weight excluding hydrogens is 239 g/mol. The van der Waals surface area contributed by atoms with Crippen LogP contribution in [-0.4, -0.2) is 6.04 Å². The van der Waals surface area contributed by atoms with Crippen molar-refractivity contribution in [2.45, 2.75) is 39.7 Å². The van der Waals surface area contributed by atoms with Crippen LogP contribution in [0.15, 0.2) is 18.2 Å². The molecule has 0 aliphatic carbocycles. The van der Waals surface area contributed by atoms with Crippen LogP contribution < -0.4 is 11.3 Å². The monoisotopic (exact) mass is 258 g/mol. The molecule has 1 atom stereocenters. The number of benzene rings is 1. The molecule has 0 saturated carbocycles. The Bertz CT molecular complexity index is 380. The summed E-state index contributed by atoms with van der Waals surface area (Å²) in [5, 5.41) is 0.194. The molecule has 0 bridgehead atoms. The molecule has 4 heteroatoms. The van der Waals surface area contributed by atoms with Crippen LogP contribution in [0, 0.1) is 11.2 Å². The van der Waals surface area contributed by atoms with Gasteiger partial charge in [0.05, 0.1) is 5.02 Å². The van der Waals surface area contributed by atoms with Gasteiger partial charge in [-0.05, 0) is 29.9 Å². The van der Waals surface area contributed by atoms with Gasteiger partial charge in [0, 0.05) is 6.04 Å². The second-order valence-corrected chi connectivity index (χ2v) is 5.36. The molecule has 3 N–H and O–H groups in total. The predicted molar refractivity (Wildman–Crippen MR) is 70.3 cm³/mol. The summed E-state index contributed by atoms with van der Waals surface area (Å²) in [7, 11) is 0. The Labute approximate surface area is 107 Å². The van der Waals surface area contributed by atoms with Crippen LogP contribution in [0.25, 0.3) is 0 Å². The Morgan fingerprint density at radius 1 is 1.47 bits per heavy atom. The summed E-state index contributed by atoms with van der Waals surface area (Å²) in [6.07, 6.45) is 1.60. The van der Waals surface area contributed by atoms with Gasteiger partial charge in [0.15, 0.2) is 0 Å². The molecule has 1 rings (SSSR count). The van der Waals surface area contributed by atoms with E-state index in [2.05, 4.69) is 26.2 Å². The second-order valence-electron chi connectivity index (χ2n) is 4.98. The van der Waals surface area contributed by atoms with Gasteiger partial charge >= 0.3 is 0 Å². The quantitative estimate of drug-likeness (QED) is 0.628. The van der Waals surface area contributed by atoms with E-state index in [0.717, 1.165) is 12.0 Å². The first-order chi connectivity index (χ1) is 7.92. The minimum Gasteiger partial charge on any atom is -0.271 e. The molecule has 0 spiro atoms. The van der Waals surface area contributed by atoms with Gasteiger partial charge < -0.3 is 0 Å². The van der Waals surface area contributed by atoms with E-state index in [1.54, 1.807) is 6.07 Å². The van der Waals surface area contributed by atoms with Crippen molar-refractivity contribution in [3.63, 3.8) is 0 Å². The van der Waals surface area contributed by atoms with E-state index in [1.165, 1.54) is 6.07 Å². The standard InChI is InChI=1S/C13H20ClFN2/c1-4-13(2,3)11(17-16)8-9-6-5-7-10(15)12(9)14/h5-7,11,17H,4,8,16H2,1-3H3. The fourth-order valence-electron chi connectivity index (χ4n) is 1.73. The van der Waals surface area contributed by atoms with Crippen LogP contribution in [0.5, 0.6) is 0 Å². The highest BCUT2D eigenvalue weighted by Gasteiger charge is 2.27. The molecule has 2 nitrogen and oxygen atoms in total. The zero-order valence-electron chi connectivity index (χ0n) is 10.6. The van der Waals surface area contributed by atoms with Crippen molar-refractivity contribution in [3.8, 4) is 0 Å². The van der Waals surface area contributed by atoms with Gasteiger partial charge in [-0.2, -0.15) is 0 Å². The van der Waals surface area contributed by atoms with Crippen molar-refractivity contribution < 1.29 is 4.39 Å². The van der Waals surface area contributed by atoms with Gasteiger partial charge in [0.1, 0.15) is 5.82 Å². The Morgan fingerprint density at radius 3 is 2.65 bits per heavy atom. The molecule has 0 aliphatic rings. The topological polar surface area (TPSA) is 38.0 Å². The Kier molecular flexibility index (Phi) is 4.92. The molecule has 0 aromatic heterocycles. The first-order valence-corrected chi connectivity index (χ1v) is 6.19. The molecule has 96 valence electrons. The van der Waals surface area contributed by atoms with E-state index >= 15 is 0 Å². The van der Waals surface area contributed by atoms with E-state index in [4.69, 9.17) is 17.4 Å². The van der Waals surface area contributed by atoms with E-state index in [9.17, 15) is 4.39 Å². The van der Waals surface area contributed by atoms with Crippen LogP contribution in [0.1, 0.15) is 32.8 Å². The molecule has 0 fully saturated rings. The minimum atomic E-state index is -0.380. The highest BCUT2D eigenvalue weighted by Crippen LogP contribution is 2.29. The van der Waals surface area contributed by atoms with Crippen LogP contribution in [-0.2, 0) is 6.42 Å². The summed E-state index contributed by atoms with van der Waals surface area (Å²) < 4.78 is 13.3. The van der Waals surface area contributed by atoms with Crippen molar-refractivity contribution in [1.29, 1.82) is 0 Å². The smallest absolute Gasteiger partial charge is 0.142 e. The number of rotatable bonds is 5.